The molecule has 15 heavy (non-hydrogen) atoms. The molecule has 0 aliphatic heterocycles. The highest BCUT2D eigenvalue weighted by Gasteiger charge is 2.33. The van der Waals surface area contributed by atoms with Gasteiger partial charge in [-0.2, -0.15) is 0 Å². The average Bonchev–Trinajstić information content (AvgIpc) is 3.10. The molecule has 1 aliphatic rings. The van der Waals surface area contributed by atoms with Gasteiger partial charge in [0.05, 0.1) is 12.8 Å². The molecular formula is C10H13N3O2. The molecule has 80 valence electrons. The van der Waals surface area contributed by atoms with E-state index < -0.39 is 0 Å². The fourth-order valence-corrected chi connectivity index (χ4v) is 1.50. The molecule has 1 fully saturated rings. The molecule has 0 aromatic carbocycles. The minimum absolute atomic E-state index is 0.0114. The van der Waals surface area contributed by atoms with Crippen molar-refractivity contribution in [3.8, 4) is 0 Å². The molecule has 0 unspecified atom stereocenters. The number of aliphatic hydroxyl groups is 1. The van der Waals surface area contributed by atoms with Crippen molar-refractivity contribution in [2.45, 2.75) is 18.9 Å². The van der Waals surface area contributed by atoms with Gasteiger partial charge in [0.25, 0.3) is 5.91 Å². The Kier molecular flexibility index (Phi) is 2.91. The Labute approximate surface area is 87.8 Å². The molecular weight excluding hydrogens is 194 g/mol. The van der Waals surface area contributed by atoms with Gasteiger partial charge >= 0.3 is 0 Å². The van der Waals surface area contributed by atoms with Gasteiger partial charge in [0.15, 0.2) is 0 Å². The first kappa shape index (κ1) is 10.0. The van der Waals surface area contributed by atoms with Crippen molar-refractivity contribution in [2.24, 2.45) is 0 Å². The highest BCUT2D eigenvalue weighted by Crippen LogP contribution is 2.27. The lowest BCUT2D eigenvalue weighted by atomic mass is 10.3. The highest BCUT2D eigenvalue weighted by atomic mass is 16.3. The summed E-state index contributed by atoms with van der Waals surface area (Å²) in [6.45, 7) is 0.364. The largest absolute Gasteiger partial charge is 0.395 e. The van der Waals surface area contributed by atoms with Gasteiger partial charge in [0.2, 0.25) is 0 Å². The van der Waals surface area contributed by atoms with Crippen molar-refractivity contribution < 1.29 is 9.90 Å². The Balaban J connectivity index is 2.10. The van der Waals surface area contributed by atoms with Crippen LogP contribution in [0.15, 0.2) is 18.6 Å². The number of aliphatic hydroxyl groups excluding tert-OH is 1. The molecule has 0 bridgehead atoms. The van der Waals surface area contributed by atoms with Crippen LogP contribution in [0.3, 0.4) is 0 Å². The smallest absolute Gasteiger partial charge is 0.274 e. The fourth-order valence-electron chi connectivity index (χ4n) is 1.50. The zero-order valence-corrected chi connectivity index (χ0v) is 8.33. The molecule has 0 atom stereocenters. The number of carbonyl (C=O) groups excluding carboxylic acids is 1. The molecule has 1 aliphatic carbocycles. The SMILES string of the molecule is O=C(c1cnccn1)N(CCO)C1CC1. The molecule has 1 heterocycles. The van der Waals surface area contributed by atoms with E-state index in [-0.39, 0.29) is 18.6 Å². The van der Waals surface area contributed by atoms with Gasteiger partial charge in [-0.25, -0.2) is 4.98 Å². The lowest BCUT2D eigenvalue weighted by Crippen LogP contribution is -2.36. The summed E-state index contributed by atoms with van der Waals surface area (Å²) in [5.41, 5.74) is 0.345. The van der Waals surface area contributed by atoms with E-state index in [1.807, 2.05) is 0 Å². The predicted molar refractivity (Wildman–Crippen MR) is 53.2 cm³/mol. The zero-order chi connectivity index (χ0) is 10.7. The summed E-state index contributed by atoms with van der Waals surface area (Å²) in [4.78, 5) is 21.4. The number of nitrogens with zero attached hydrogens (tertiary/aromatic N) is 3. The fraction of sp³-hybridized carbons (Fsp3) is 0.500. The van der Waals surface area contributed by atoms with Crippen LogP contribution in [0.5, 0.6) is 0 Å². The summed E-state index contributed by atoms with van der Waals surface area (Å²) in [5.74, 6) is -0.139. The van der Waals surface area contributed by atoms with Gasteiger partial charge in [0.1, 0.15) is 5.69 Å². The third-order valence-electron chi connectivity index (χ3n) is 2.37. The first-order valence-electron chi connectivity index (χ1n) is 5.01. The van der Waals surface area contributed by atoms with Crippen molar-refractivity contribution in [3.63, 3.8) is 0 Å². The van der Waals surface area contributed by atoms with E-state index in [0.29, 0.717) is 12.2 Å². The molecule has 1 aromatic heterocycles. The lowest BCUT2D eigenvalue weighted by Gasteiger charge is -2.20. The minimum Gasteiger partial charge on any atom is -0.395 e. The third kappa shape index (κ3) is 2.30. The average molecular weight is 207 g/mol. The summed E-state index contributed by atoms with van der Waals surface area (Å²) in [6.07, 6.45) is 6.52. The summed E-state index contributed by atoms with van der Waals surface area (Å²) in [5, 5.41) is 8.88. The molecule has 1 N–H and O–H groups in total. The summed E-state index contributed by atoms with van der Waals surface area (Å²) >= 11 is 0. The maximum absolute atomic E-state index is 11.9. The van der Waals surface area contributed by atoms with Crippen LogP contribution in [0.25, 0.3) is 0 Å². The maximum Gasteiger partial charge on any atom is 0.274 e. The second kappa shape index (κ2) is 4.35. The molecule has 0 radical (unpaired) electrons. The molecule has 0 spiro atoms. The van der Waals surface area contributed by atoms with Crippen molar-refractivity contribution in [1.82, 2.24) is 14.9 Å². The number of hydrogen-bond acceptors (Lipinski definition) is 4. The van der Waals surface area contributed by atoms with Gasteiger partial charge in [-0.05, 0) is 12.8 Å². The van der Waals surface area contributed by atoms with Crippen molar-refractivity contribution in [1.29, 1.82) is 0 Å². The van der Waals surface area contributed by atoms with Crippen LogP contribution in [0.1, 0.15) is 23.3 Å². The molecule has 1 aromatic rings. The maximum atomic E-state index is 11.9. The van der Waals surface area contributed by atoms with Gasteiger partial charge in [0, 0.05) is 25.0 Å². The van der Waals surface area contributed by atoms with Gasteiger partial charge in [-0.3, -0.25) is 9.78 Å². The number of hydrogen-bond donors (Lipinski definition) is 1. The Morgan fingerprint density at radius 1 is 1.53 bits per heavy atom. The number of amides is 1. The minimum atomic E-state index is -0.139. The quantitative estimate of drug-likeness (QED) is 0.759. The van der Waals surface area contributed by atoms with E-state index in [2.05, 4.69) is 9.97 Å². The molecule has 1 amide bonds. The summed E-state index contributed by atoms with van der Waals surface area (Å²) < 4.78 is 0. The van der Waals surface area contributed by atoms with E-state index in [9.17, 15) is 4.79 Å². The lowest BCUT2D eigenvalue weighted by molar-refractivity contribution is 0.0701. The second-order valence-electron chi connectivity index (χ2n) is 3.54. The Morgan fingerprint density at radius 2 is 2.33 bits per heavy atom. The van der Waals surface area contributed by atoms with Crippen LogP contribution in [-0.4, -0.2) is 45.1 Å². The zero-order valence-electron chi connectivity index (χ0n) is 8.33. The Hall–Kier alpha value is -1.49. The number of aromatic nitrogens is 2. The van der Waals surface area contributed by atoms with Crippen LogP contribution < -0.4 is 0 Å². The van der Waals surface area contributed by atoms with E-state index in [1.165, 1.54) is 18.6 Å². The first-order valence-corrected chi connectivity index (χ1v) is 5.01. The molecule has 5 heteroatoms. The van der Waals surface area contributed by atoms with Crippen molar-refractivity contribution in [3.05, 3.63) is 24.3 Å². The van der Waals surface area contributed by atoms with Crippen molar-refractivity contribution in [2.75, 3.05) is 13.2 Å². The molecule has 1 saturated carbocycles. The Bertz CT molecular complexity index is 338. The summed E-state index contributed by atoms with van der Waals surface area (Å²) in [6, 6.07) is 0.284. The number of rotatable bonds is 4. The van der Waals surface area contributed by atoms with Crippen LogP contribution in [0, 0.1) is 0 Å². The highest BCUT2D eigenvalue weighted by molar-refractivity contribution is 5.92. The van der Waals surface area contributed by atoms with Crippen LogP contribution in [0.2, 0.25) is 0 Å². The standard InChI is InChI=1S/C10H13N3O2/c14-6-5-13(8-1-2-8)10(15)9-7-11-3-4-12-9/h3-4,7-8,14H,1-2,5-6H2. The van der Waals surface area contributed by atoms with E-state index in [1.54, 1.807) is 4.90 Å². The van der Waals surface area contributed by atoms with E-state index in [4.69, 9.17) is 5.11 Å². The van der Waals surface area contributed by atoms with Crippen molar-refractivity contribution >= 4 is 5.91 Å². The topological polar surface area (TPSA) is 66.3 Å². The van der Waals surface area contributed by atoms with E-state index in [0.717, 1.165) is 12.8 Å². The number of carbonyl (C=O) groups is 1. The van der Waals surface area contributed by atoms with E-state index >= 15 is 0 Å². The second-order valence-corrected chi connectivity index (χ2v) is 3.54. The van der Waals surface area contributed by atoms with Gasteiger partial charge in [-0.15, -0.1) is 0 Å². The van der Waals surface area contributed by atoms with Crippen LogP contribution in [-0.2, 0) is 0 Å². The molecule has 5 nitrogen and oxygen atoms in total. The first-order chi connectivity index (χ1) is 7.33. The Morgan fingerprint density at radius 3 is 2.87 bits per heavy atom. The normalized spacial score (nSPS) is 15.0. The summed E-state index contributed by atoms with van der Waals surface area (Å²) in [7, 11) is 0. The van der Waals surface area contributed by atoms with Gasteiger partial charge < -0.3 is 10.0 Å². The van der Waals surface area contributed by atoms with Crippen LogP contribution in [0.4, 0.5) is 0 Å². The van der Waals surface area contributed by atoms with Gasteiger partial charge in [-0.1, -0.05) is 0 Å². The molecule has 0 saturated heterocycles. The predicted octanol–water partition coefficient (Wildman–Crippen LogP) is 0.0735. The molecule has 2 rings (SSSR count). The monoisotopic (exact) mass is 207 g/mol. The third-order valence-corrected chi connectivity index (χ3v) is 2.37. The van der Waals surface area contributed by atoms with Crippen LogP contribution >= 0.6 is 0 Å².